The van der Waals surface area contributed by atoms with Gasteiger partial charge in [0.05, 0.1) is 11.6 Å². The van der Waals surface area contributed by atoms with Crippen LogP contribution in [0.5, 0.6) is 0 Å². The van der Waals surface area contributed by atoms with Crippen molar-refractivity contribution in [2.75, 3.05) is 20.6 Å². The number of carbonyl (C=O) groups is 1. The molecule has 0 fully saturated rings. The predicted molar refractivity (Wildman–Crippen MR) is 89.2 cm³/mol. The first kappa shape index (κ1) is 18.9. The Bertz CT molecular complexity index is 727. The fourth-order valence-corrected chi connectivity index (χ4v) is 2.49. The molecule has 134 valence electrons. The molecule has 4 nitrogen and oxygen atoms in total. The van der Waals surface area contributed by atoms with Gasteiger partial charge in [0, 0.05) is 12.7 Å². The van der Waals surface area contributed by atoms with E-state index in [4.69, 9.17) is 0 Å². The summed E-state index contributed by atoms with van der Waals surface area (Å²) in [5, 5.41) is 2.59. The monoisotopic (exact) mass is 351 g/mol. The second-order valence-corrected chi connectivity index (χ2v) is 6.00. The Morgan fingerprint density at radius 2 is 1.84 bits per heavy atom. The molecule has 1 amide bonds. The fourth-order valence-electron chi connectivity index (χ4n) is 2.49. The van der Waals surface area contributed by atoms with Crippen LogP contribution >= 0.6 is 0 Å². The standard InChI is InChI=1S/C18H20F3N3O/c1-12-6-8-13(9-7-12)15(24(2)3)11-23-17(25)14-5-4-10-22-16(14)18(19,20)21/h4-10,15H,11H2,1-3H3,(H,23,25)/t15-/m1/s1. The third-order valence-corrected chi connectivity index (χ3v) is 3.86. The summed E-state index contributed by atoms with van der Waals surface area (Å²) < 4.78 is 39.0. The third-order valence-electron chi connectivity index (χ3n) is 3.86. The highest BCUT2D eigenvalue weighted by Crippen LogP contribution is 2.30. The molecule has 0 saturated carbocycles. The Labute approximate surface area is 144 Å². The molecule has 1 heterocycles. The number of aryl methyl sites for hydroxylation is 1. The number of hydrogen-bond acceptors (Lipinski definition) is 3. The van der Waals surface area contributed by atoms with Crippen LogP contribution in [0.3, 0.4) is 0 Å². The maximum absolute atomic E-state index is 13.0. The summed E-state index contributed by atoms with van der Waals surface area (Å²) >= 11 is 0. The van der Waals surface area contributed by atoms with Crippen LogP contribution in [0, 0.1) is 6.92 Å². The van der Waals surface area contributed by atoms with Gasteiger partial charge in [-0.3, -0.25) is 9.78 Å². The van der Waals surface area contributed by atoms with Crippen molar-refractivity contribution in [2.24, 2.45) is 0 Å². The molecule has 0 bridgehead atoms. The zero-order chi connectivity index (χ0) is 18.6. The molecule has 0 aliphatic heterocycles. The van der Waals surface area contributed by atoms with Crippen molar-refractivity contribution < 1.29 is 18.0 Å². The molecule has 1 atom stereocenters. The highest BCUT2D eigenvalue weighted by molar-refractivity contribution is 5.95. The van der Waals surface area contributed by atoms with Gasteiger partial charge in [0.25, 0.3) is 5.91 Å². The molecule has 25 heavy (non-hydrogen) atoms. The van der Waals surface area contributed by atoms with E-state index < -0.39 is 23.3 Å². The van der Waals surface area contributed by atoms with Gasteiger partial charge in [0.2, 0.25) is 0 Å². The Balaban J connectivity index is 2.16. The molecule has 2 rings (SSSR count). The Kier molecular flexibility index (Phi) is 5.79. The van der Waals surface area contributed by atoms with Crippen molar-refractivity contribution in [2.45, 2.75) is 19.1 Å². The molecule has 0 saturated heterocycles. The molecule has 1 aromatic carbocycles. The molecule has 0 radical (unpaired) electrons. The number of rotatable bonds is 5. The SMILES string of the molecule is Cc1ccc([C@@H](CNC(=O)c2cccnc2C(F)(F)F)N(C)C)cc1. The number of nitrogens with zero attached hydrogens (tertiary/aromatic N) is 2. The quantitative estimate of drug-likeness (QED) is 0.898. The van der Waals surface area contributed by atoms with Gasteiger partial charge in [0.1, 0.15) is 0 Å². The average molecular weight is 351 g/mol. The second-order valence-electron chi connectivity index (χ2n) is 6.00. The Hall–Kier alpha value is -2.41. The Morgan fingerprint density at radius 1 is 1.20 bits per heavy atom. The van der Waals surface area contributed by atoms with Gasteiger partial charge >= 0.3 is 6.18 Å². The number of likely N-dealkylation sites (N-methyl/N-ethyl adjacent to an activating group) is 1. The number of carbonyl (C=O) groups excluding carboxylic acids is 1. The number of halogens is 3. The topological polar surface area (TPSA) is 45.2 Å². The highest BCUT2D eigenvalue weighted by atomic mass is 19.4. The number of benzene rings is 1. The van der Waals surface area contributed by atoms with E-state index in [-0.39, 0.29) is 12.6 Å². The number of aromatic nitrogens is 1. The van der Waals surface area contributed by atoms with Crippen molar-refractivity contribution in [3.05, 3.63) is 65.0 Å². The third kappa shape index (κ3) is 4.79. The molecule has 2 aromatic rings. The average Bonchev–Trinajstić information content (AvgIpc) is 2.55. The van der Waals surface area contributed by atoms with Crippen LogP contribution in [-0.4, -0.2) is 36.4 Å². The maximum Gasteiger partial charge on any atom is 0.434 e. The minimum absolute atomic E-state index is 0.157. The lowest BCUT2D eigenvalue weighted by Gasteiger charge is -2.25. The molecule has 0 aliphatic carbocycles. The lowest BCUT2D eigenvalue weighted by Crippen LogP contribution is -2.35. The van der Waals surface area contributed by atoms with E-state index in [0.717, 1.165) is 23.4 Å². The smallest absolute Gasteiger partial charge is 0.350 e. The fraction of sp³-hybridized carbons (Fsp3) is 0.333. The van der Waals surface area contributed by atoms with Crippen LogP contribution in [0.15, 0.2) is 42.6 Å². The van der Waals surface area contributed by atoms with Crippen LogP contribution in [-0.2, 0) is 6.18 Å². The maximum atomic E-state index is 13.0. The van der Waals surface area contributed by atoms with Gasteiger partial charge in [-0.05, 0) is 38.7 Å². The lowest BCUT2D eigenvalue weighted by atomic mass is 10.0. The predicted octanol–water partition coefficient (Wildman–Crippen LogP) is 3.44. The van der Waals surface area contributed by atoms with E-state index in [1.807, 2.05) is 50.2 Å². The number of amides is 1. The summed E-state index contributed by atoms with van der Waals surface area (Å²) in [5.74, 6) is -0.792. The number of alkyl halides is 3. The van der Waals surface area contributed by atoms with E-state index in [9.17, 15) is 18.0 Å². The minimum atomic E-state index is -4.67. The first-order chi connectivity index (χ1) is 11.7. The molecule has 0 spiro atoms. The van der Waals surface area contributed by atoms with Crippen molar-refractivity contribution in [1.29, 1.82) is 0 Å². The highest BCUT2D eigenvalue weighted by Gasteiger charge is 2.37. The van der Waals surface area contributed by atoms with Crippen LogP contribution < -0.4 is 5.32 Å². The normalized spacial score (nSPS) is 12.9. The molecule has 1 N–H and O–H groups in total. The number of pyridine rings is 1. The van der Waals surface area contributed by atoms with Crippen LogP contribution in [0.25, 0.3) is 0 Å². The van der Waals surface area contributed by atoms with E-state index in [2.05, 4.69) is 10.3 Å². The molecular formula is C18H20F3N3O. The molecular weight excluding hydrogens is 331 g/mol. The van der Waals surface area contributed by atoms with Gasteiger partial charge in [-0.15, -0.1) is 0 Å². The summed E-state index contributed by atoms with van der Waals surface area (Å²) in [7, 11) is 3.70. The van der Waals surface area contributed by atoms with Gasteiger partial charge < -0.3 is 10.2 Å². The van der Waals surface area contributed by atoms with Crippen molar-refractivity contribution in [3.8, 4) is 0 Å². The molecule has 1 aromatic heterocycles. The molecule has 7 heteroatoms. The minimum Gasteiger partial charge on any atom is -0.350 e. The van der Waals surface area contributed by atoms with Crippen molar-refractivity contribution in [1.82, 2.24) is 15.2 Å². The van der Waals surface area contributed by atoms with E-state index in [1.165, 1.54) is 6.07 Å². The van der Waals surface area contributed by atoms with Gasteiger partial charge in [-0.25, -0.2) is 0 Å². The molecule has 0 unspecified atom stereocenters. The van der Waals surface area contributed by atoms with Gasteiger partial charge in [-0.1, -0.05) is 29.8 Å². The first-order valence-corrected chi connectivity index (χ1v) is 7.73. The van der Waals surface area contributed by atoms with E-state index in [1.54, 1.807) is 0 Å². The largest absolute Gasteiger partial charge is 0.434 e. The van der Waals surface area contributed by atoms with Crippen LogP contribution in [0.2, 0.25) is 0 Å². The summed E-state index contributed by atoms with van der Waals surface area (Å²) in [6, 6.07) is 10.1. The summed E-state index contributed by atoms with van der Waals surface area (Å²) in [4.78, 5) is 17.5. The Morgan fingerprint density at radius 3 is 2.40 bits per heavy atom. The number of nitrogens with one attached hydrogen (secondary N) is 1. The van der Waals surface area contributed by atoms with E-state index in [0.29, 0.717) is 0 Å². The van der Waals surface area contributed by atoms with Crippen LogP contribution in [0.4, 0.5) is 13.2 Å². The summed E-state index contributed by atoms with van der Waals surface area (Å²) in [6.45, 7) is 2.15. The lowest BCUT2D eigenvalue weighted by molar-refractivity contribution is -0.141. The van der Waals surface area contributed by atoms with Crippen molar-refractivity contribution in [3.63, 3.8) is 0 Å². The van der Waals surface area contributed by atoms with Crippen LogP contribution in [0.1, 0.15) is 33.2 Å². The molecule has 0 aliphatic rings. The summed E-state index contributed by atoms with van der Waals surface area (Å²) in [5.41, 5.74) is 0.425. The number of hydrogen-bond donors (Lipinski definition) is 1. The van der Waals surface area contributed by atoms with E-state index >= 15 is 0 Å². The zero-order valence-corrected chi connectivity index (χ0v) is 14.3. The second kappa shape index (κ2) is 7.65. The first-order valence-electron chi connectivity index (χ1n) is 7.73. The summed E-state index contributed by atoms with van der Waals surface area (Å²) in [6.07, 6.45) is -3.65. The van der Waals surface area contributed by atoms with Gasteiger partial charge in [0.15, 0.2) is 5.69 Å². The van der Waals surface area contributed by atoms with Gasteiger partial charge in [-0.2, -0.15) is 13.2 Å². The van der Waals surface area contributed by atoms with Crippen molar-refractivity contribution >= 4 is 5.91 Å². The zero-order valence-electron chi connectivity index (χ0n) is 14.3.